The van der Waals surface area contributed by atoms with E-state index in [1.165, 1.54) is 33.2 Å². The van der Waals surface area contributed by atoms with Crippen LogP contribution in [0, 0.1) is 5.92 Å². The lowest BCUT2D eigenvalue weighted by Crippen LogP contribution is -2.46. The maximum atomic E-state index is 13.5. The lowest BCUT2D eigenvalue weighted by atomic mass is 9.93. The number of dihydropyridines is 1. The van der Waals surface area contributed by atoms with Gasteiger partial charge >= 0.3 is 0 Å². The van der Waals surface area contributed by atoms with Crippen molar-refractivity contribution in [2.75, 3.05) is 39.3 Å². The van der Waals surface area contributed by atoms with Crippen molar-refractivity contribution in [2.24, 2.45) is 16.6 Å². The molecule has 0 spiro atoms. The van der Waals surface area contributed by atoms with Crippen LogP contribution in [0.15, 0.2) is 65.1 Å². The van der Waals surface area contributed by atoms with Gasteiger partial charge in [0, 0.05) is 61.4 Å². The average Bonchev–Trinajstić information content (AvgIpc) is 3.33. The van der Waals surface area contributed by atoms with Gasteiger partial charge in [-0.1, -0.05) is 18.2 Å². The van der Waals surface area contributed by atoms with Gasteiger partial charge in [-0.15, -0.1) is 9.24 Å². The standard InChI is InChI=1S/C30H39N6OP/c31-26-19-32-12-6-22(26)20-34-13-7-21(8-14-34)30(37)35-15-9-24(10-16-35)36-28-5-4-25(38)17-23(28)18-29(36)27-3-1-2-11-33-27/h2,4-6,11,17-19,21,24,32H,1,3,7-10,12-16,20,31,38H2. The highest BCUT2D eigenvalue weighted by molar-refractivity contribution is 7.27. The molecule has 8 heteroatoms. The van der Waals surface area contributed by atoms with Crippen LogP contribution in [0.2, 0.25) is 0 Å². The number of aromatic nitrogens is 1. The predicted octanol–water partition coefficient (Wildman–Crippen LogP) is 3.44. The van der Waals surface area contributed by atoms with Crippen molar-refractivity contribution in [3.05, 3.63) is 65.8 Å². The van der Waals surface area contributed by atoms with E-state index in [1.54, 1.807) is 0 Å². The molecule has 3 N–H and O–H groups in total. The summed E-state index contributed by atoms with van der Waals surface area (Å²) in [6.45, 7) is 5.29. The minimum Gasteiger partial charge on any atom is -0.397 e. The number of aliphatic imine (C=N–C) groups is 1. The third kappa shape index (κ3) is 5.19. The molecule has 1 amide bonds. The van der Waals surface area contributed by atoms with E-state index in [0.717, 1.165) is 83.5 Å². The van der Waals surface area contributed by atoms with Gasteiger partial charge in [0.05, 0.1) is 17.1 Å². The number of carbonyl (C=O) groups is 1. The second kappa shape index (κ2) is 11.1. The van der Waals surface area contributed by atoms with Crippen LogP contribution in [0.25, 0.3) is 10.9 Å². The fourth-order valence-corrected chi connectivity index (χ4v) is 6.74. The molecule has 5 heterocycles. The topological polar surface area (TPSA) is 78.9 Å². The Labute approximate surface area is 227 Å². The minimum absolute atomic E-state index is 0.143. The van der Waals surface area contributed by atoms with Crippen LogP contribution >= 0.6 is 9.24 Å². The van der Waals surface area contributed by atoms with Crippen molar-refractivity contribution in [1.82, 2.24) is 19.7 Å². The Morgan fingerprint density at radius 1 is 1.11 bits per heavy atom. The van der Waals surface area contributed by atoms with Crippen LogP contribution in [0.1, 0.15) is 50.3 Å². The first kappa shape index (κ1) is 25.4. The Bertz CT molecular complexity index is 1320. The number of piperidine rings is 2. The number of hydrogen-bond acceptors (Lipinski definition) is 5. The number of nitrogens with one attached hydrogen (secondary N) is 1. The molecule has 7 nitrogen and oxygen atoms in total. The zero-order valence-corrected chi connectivity index (χ0v) is 23.3. The summed E-state index contributed by atoms with van der Waals surface area (Å²) in [5.41, 5.74) is 11.9. The van der Waals surface area contributed by atoms with E-state index in [0.29, 0.717) is 11.9 Å². The van der Waals surface area contributed by atoms with Gasteiger partial charge in [-0.2, -0.15) is 0 Å². The fourth-order valence-electron chi connectivity index (χ4n) is 6.47. The Balaban J connectivity index is 1.09. The van der Waals surface area contributed by atoms with Gasteiger partial charge in [-0.3, -0.25) is 14.7 Å². The van der Waals surface area contributed by atoms with Gasteiger partial charge < -0.3 is 20.5 Å². The first-order valence-corrected chi connectivity index (χ1v) is 14.7. The summed E-state index contributed by atoms with van der Waals surface area (Å²) in [5, 5.41) is 5.63. The van der Waals surface area contributed by atoms with Gasteiger partial charge in [-0.25, -0.2) is 0 Å². The summed E-state index contributed by atoms with van der Waals surface area (Å²) >= 11 is 0. The first-order valence-electron chi connectivity index (χ1n) is 14.1. The molecule has 0 aliphatic carbocycles. The highest BCUT2D eigenvalue weighted by Gasteiger charge is 2.32. The largest absolute Gasteiger partial charge is 0.397 e. The Kier molecular flexibility index (Phi) is 7.40. The summed E-state index contributed by atoms with van der Waals surface area (Å²) in [4.78, 5) is 22.8. The number of benzene rings is 1. The third-order valence-electron chi connectivity index (χ3n) is 8.61. The molecule has 0 bridgehead atoms. The molecule has 1 unspecified atom stereocenters. The van der Waals surface area contributed by atoms with E-state index in [9.17, 15) is 4.79 Å². The number of nitrogens with two attached hydrogens (primary N) is 1. The normalized spacial score (nSPS) is 21.7. The number of nitrogens with zero attached hydrogens (tertiary/aromatic N) is 4. The molecule has 0 radical (unpaired) electrons. The molecule has 2 aromatic rings. The summed E-state index contributed by atoms with van der Waals surface area (Å²) in [6.07, 6.45) is 14.0. The number of likely N-dealkylation sites (tertiary alicyclic amines) is 2. The molecule has 1 aromatic heterocycles. The molecular weight excluding hydrogens is 491 g/mol. The maximum Gasteiger partial charge on any atom is 0.225 e. The number of hydrogen-bond donors (Lipinski definition) is 2. The minimum atomic E-state index is 0.143. The van der Waals surface area contributed by atoms with E-state index >= 15 is 0 Å². The number of allylic oxidation sites excluding steroid dienone is 1. The van der Waals surface area contributed by atoms with Crippen LogP contribution in [0.3, 0.4) is 0 Å². The highest BCUT2D eigenvalue weighted by Crippen LogP contribution is 2.33. The Morgan fingerprint density at radius 3 is 2.66 bits per heavy atom. The van der Waals surface area contributed by atoms with Gasteiger partial charge in [0.1, 0.15) is 0 Å². The molecule has 2 fully saturated rings. The molecule has 200 valence electrons. The second-order valence-electron chi connectivity index (χ2n) is 11.1. The molecule has 2 saturated heterocycles. The van der Waals surface area contributed by atoms with E-state index in [-0.39, 0.29) is 5.92 Å². The van der Waals surface area contributed by atoms with Gasteiger partial charge in [-0.05, 0) is 80.7 Å². The second-order valence-corrected chi connectivity index (χ2v) is 11.7. The van der Waals surface area contributed by atoms with Gasteiger partial charge in [0.2, 0.25) is 5.91 Å². The lowest BCUT2D eigenvalue weighted by molar-refractivity contribution is -0.138. The van der Waals surface area contributed by atoms with E-state index in [1.807, 2.05) is 12.4 Å². The van der Waals surface area contributed by atoms with Crippen LogP contribution in [0.4, 0.5) is 0 Å². The zero-order chi connectivity index (χ0) is 26.1. The maximum absolute atomic E-state index is 13.5. The molecule has 1 aromatic carbocycles. The van der Waals surface area contributed by atoms with Crippen LogP contribution in [-0.4, -0.2) is 65.3 Å². The lowest BCUT2D eigenvalue weighted by Gasteiger charge is -2.38. The highest BCUT2D eigenvalue weighted by atomic mass is 31.0. The first-order chi connectivity index (χ1) is 18.6. The zero-order valence-electron chi connectivity index (χ0n) is 22.1. The van der Waals surface area contributed by atoms with Crippen molar-refractivity contribution in [3.63, 3.8) is 0 Å². The average molecular weight is 531 g/mol. The van der Waals surface area contributed by atoms with E-state index in [4.69, 9.17) is 10.7 Å². The molecule has 0 saturated carbocycles. The SMILES string of the molecule is NC1=CNCC=C1CN1CCC(C(=O)N2CCC(n3c(C4=NC=CCC4)cc4cc(P)ccc43)CC2)CC1. The van der Waals surface area contributed by atoms with E-state index in [2.05, 4.69) is 65.3 Å². The Morgan fingerprint density at radius 2 is 1.92 bits per heavy atom. The molecule has 6 rings (SSSR count). The molecule has 1 atom stereocenters. The van der Waals surface area contributed by atoms with Crippen LogP contribution < -0.4 is 16.4 Å². The van der Waals surface area contributed by atoms with Crippen molar-refractivity contribution >= 4 is 37.1 Å². The summed E-state index contributed by atoms with van der Waals surface area (Å²) in [6, 6.07) is 9.36. The number of carbonyl (C=O) groups excluding carboxylic acids is 1. The summed E-state index contributed by atoms with van der Waals surface area (Å²) in [7, 11) is 2.82. The number of rotatable bonds is 5. The van der Waals surface area contributed by atoms with Crippen molar-refractivity contribution in [2.45, 2.75) is 44.6 Å². The molecule has 4 aliphatic rings. The number of amides is 1. The fraction of sp³-hybridized carbons (Fsp3) is 0.467. The van der Waals surface area contributed by atoms with Crippen molar-refractivity contribution in [1.29, 1.82) is 0 Å². The molecular formula is C30H39N6OP. The van der Waals surface area contributed by atoms with E-state index < -0.39 is 0 Å². The summed E-state index contributed by atoms with van der Waals surface area (Å²) in [5.74, 6) is 0.500. The van der Waals surface area contributed by atoms with Crippen LogP contribution in [0.5, 0.6) is 0 Å². The van der Waals surface area contributed by atoms with Crippen LogP contribution in [-0.2, 0) is 4.79 Å². The summed E-state index contributed by atoms with van der Waals surface area (Å²) < 4.78 is 2.52. The number of fused-ring (bicyclic) bond motifs is 1. The quantitative estimate of drug-likeness (QED) is 0.581. The van der Waals surface area contributed by atoms with Gasteiger partial charge in [0.25, 0.3) is 0 Å². The smallest absolute Gasteiger partial charge is 0.225 e. The molecule has 38 heavy (non-hydrogen) atoms. The van der Waals surface area contributed by atoms with Gasteiger partial charge in [0.15, 0.2) is 0 Å². The van der Waals surface area contributed by atoms with Crippen molar-refractivity contribution in [3.8, 4) is 0 Å². The Hall–Kier alpha value is -2.89. The molecule has 4 aliphatic heterocycles. The predicted molar refractivity (Wildman–Crippen MR) is 159 cm³/mol. The third-order valence-corrected chi connectivity index (χ3v) is 8.97. The van der Waals surface area contributed by atoms with Crippen molar-refractivity contribution < 1.29 is 4.79 Å². The monoisotopic (exact) mass is 530 g/mol.